The summed E-state index contributed by atoms with van der Waals surface area (Å²) in [4.78, 5) is 4.36. The minimum absolute atomic E-state index is 0.371. The van der Waals surface area contributed by atoms with E-state index in [0.29, 0.717) is 23.3 Å². The van der Waals surface area contributed by atoms with Gasteiger partial charge in [-0.25, -0.2) is 0 Å². The number of aliphatic imine (C=N–C) groups is 1. The number of aryl methyl sites for hydroxylation is 2. The molecule has 2 rings (SSSR count). The molecule has 122 valence electrons. The highest BCUT2D eigenvalue weighted by molar-refractivity contribution is 6.32. The molecule has 23 heavy (non-hydrogen) atoms. The Morgan fingerprint density at radius 2 is 1.87 bits per heavy atom. The van der Waals surface area contributed by atoms with Crippen molar-refractivity contribution in [1.82, 2.24) is 0 Å². The topological polar surface area (TPSA) is 59.6 Å². The molecule has 0 spiro atoms. The van der Waals surface area contributed by atoms with E-state index in [2.05, 4.69) is 42.4 Å². The van der Waals surface area contributed by atoms with Crippen molar-refractivity contribution < 1.29 is 4.74 Å². The zero-order valence-electron chi connectivity index (χ0n) is 13.7. The van der Waals surface area contributed by atoms with Crippen LogP contribution in [0.5, 0.6) is 5.75 Å². The normalized spacial score (nSPS) is 11.4. The van der Waals surface area contributed by atoms with Crippen LogP contribution < -0.4 is 15.8 Å². The first kappa shape index (κ1) is 17.2. The first-order valence-electron chi connectivity index (χ1n) is 7.45. The Morgan fingerprint density at radius 1 is 1.17 bits per heavy atom. The molecule has 0 aliphatic rings. The van der Waals surface area contributed by atoms with Crippen LogP contribution in [0, 0.1) is 13.8 Å². The van der Waals surface area contributed by atoms with Gasteiger partial charge in [0.1, 0.15) is 5.75 Å². The first-order chi connectivity index (χ1) is 11.0. The number of halogens is 1. The number of rotatable bonds is 5. The summed E-state index contributed by atoms with van der Waals surface area (Å²) in [6.45, 7) is 4.83. The Hall–Kier alpha value is -2.20. The Bertz CT molecular complexity index is 693. The van der Waals surface area contributed by atoms with Crippen molar-refractivity contribution in [2.45, 2.75) is 20.3 Å². The Balaban J connectivity index is 1.93. The molecule has 0 saturated heterocycles. The highest BCUT2D eigenvalue weighted by Crippen LogP contribution is 2.27. The fourth-order valence-corrected chi connectivity index (χ4v) is 2.71. The Labute approximate surface area is 142 Å². The van der Waals surface area contributed by atoms with Gasteiger partial charge in [-0.2, -0.15) is 0 Å². The average molecular weight is 332 g/mol. The lowest BCUT2D eigenvalue weighted by atomic mass is 10.1. The molecule has 0 bridgehead atoms. The molecular weight excluding hydrogens is 310 g/mol. The number of methoxy groups -OCH3 is 1. The summed E-state index contributed by atoms with van der Waals surface area (Å²) in [6, 6.07) is 11.9. The molecule has 0 unspecified atom stereocenters. The van der Waals surface area contributed by atoms with E-state index >= 15 is 0 Å². The molecular formula is C18H22ClN3O. The number of hydrogen-bond donors (Lipinski definition) is 2. The van der Waals surface area contributed by atoms with Crippen LogP contribution in [-0.4, -0.2) is 19.6 Å². The van der Waals surface area contributed by atoms with E-state index < -0.39 is 0 Å². The van der Waals surface area contributed by atoms with Crippen LogP contribution >= 0.6 is 11.6 Å². The van der Waals surface area contributed by atoms with Crippen molar-refractivity contribution in [1.29, 1.82) is 0 Å². The molecule has 0 saturated carbocycles. The fraction of sp³-hybridized carbons (Fsp3) is 0.278. The van der Waals surface area contributed by atoms with Gasteiger partial charge in [0.2, 0.25) is 0 Å². The van der Waals surface area contributed by atoms with Crippen molar-refractivity contribution in [3.8, 4) is 5.75 Å². The molecule has 0 aliphatic heterocycles. The lowest BCUT2D eigenvalue weighted by Gasteiger charge is -2.08. The molecule has 0 fully saturated rings. The highest BCUT2D eigenvalue weighted by atomic mass is 35.5. The van der Waals surface area contributed by atoms with Crippen LogP contribution in [0.2, 0.25) is 5.02 Å². The second-order valence-corrected chi connectivity index (χ2v) is 5.89. The molecule has 0 amide bonds. The monoisotopic (exact) mass is 331 g/mol. The van der Waals surface area contributed by atoms with Crippen molar-refractivity contribution in [3.05, 3.63) is 58.1 Å². The molecule has 0 aromatic heterocycles. The number of hydrogen-bond acceptors (Lipinski definition) is 2. The molecule has 4 nitrogen and oxygen atoms in total. The van der Waals surface area contributed by atoms with Gasteiger partial charge in [0.05, 0.1) is 12.1 Å². The van der Waals surface area contributed by atoms with Crippen molar-refractivity contribution in [2.75, 3.05) is 19.0 Å². The second kappa shape index (κ2) is 7.88. The van der Waals surface area contributed by atoms with E-state index in [-0.39, 0.29) is 0 Å². The van der Waals surface area contributed by atoms with E-state index in [1.165, 1.54) is 16.7 Å². The summed E-state index contributed by atoms with van der Waals surface area (Å²) in [5.74, 6) is 0.998. The van der Waals surface area contributed by atoms with Crippen LogP contribution in [-0.2, 0) is 6.42 Å². The fourth-order valence-electron chi connectivity index (χ4n) is 2.45. The van der Waals surface area contributed by atoms with E-state index in [9.17, 15) is 0 Å². The van der Waals surface area contributed by atoms with Gasteiger partial charge in [0.15, 0.2) is 5.96 Å². The Morgan fingerprint density at radius 3 is 2.48 bits per heavy atom. The van der Waals surface area contributed by atoms with Gasteiger partial charge in [-0.05, 0) is 44.0 Å². The first-order valence-corrected chi connectivity index (χ1v) is 7.83. The molecule has 0 atom stereocenters. The number of nitrogens with zero attached hydrogens (tertiary/aromatic N) is 1. The maximum atomic E-state index is 6.08. The van der Waals surface area contributed by atoms with Crippen molar-refractivity contribution in [3.63, 3.8) is 0 Å². The largest absolute Gasteiger partial charge is 0.495 e. The van der Waals surface area contributed by atoms with E-state index in [4.69, 9.17) is 22.1 Å². The number of ether oxygens (including phenoxy) is 1. The zero-order valence-corrected chi connectivity index (χ0v) is 14.4. The molecule has 5 heteroatoms. The van der Waals surface area contributed by atoms with Gasteiger partial charge in [0.25, 0.3) is 0 Å². The van der Waals surface area contributed by atoms with Gasteiger partial charge in [-0.15, -0.1) is 0 Å². The van der Waals surface area contributed by atoms with Gasteiger partial charge < -0.3 is 15.8 Å². The number of nitrogens with one attached hydrogen (secondary N) is 1. The number of anilines is 1. The standard InChI is InChI=1S/C18H22ClN3O/c1-12-8-13(2)10-14(9-12)6-7-21-18(20)22-15-4-5-17(23-3)16(19)11-15/h4-5,8-11H,6-7H2,1-3H3,(H3,20,21,22). The van der Waals surface area contributed by atoms with Gasteiger partial charge in [-0.1, -0.05) is 40.9 Å². The minimum atomic E-state index is 0.371. The molecule has 0 radical (unpaired) electrons. The summed E-state index contributed by atoms with van der Waals surface area (Å²) in [6.07, 6.45) is 0.855. The predicted molar refractivity (Wildman–Crippen MR) is 97.7 cm³/mol. The van der Waals surface area contributed by atoms with Crippen LogP contribution in [0.1, 0.15) is 16.7 Å². The van der Waals surface area contributed by atoms with Crippen LogP contribution in [0.15, 0.2) is 41.4 Å². The molecule has 2 aromatic carbocycles. The van der Waals surface area contributed by atoms with Crippen molar-refractivity contribution >= 4 is 23.2 Å². The van der Waals surface area contributed by atoms with Crippen LogP contribution in [0.25, 0.3) is 0 Å². The summed E-state index contributed by atoms with van der Waals surface area (Å²) < 4.78 is 5.12. The van der Waals surface area contributed by atoms with Gasteiger partial charge in [-0.3, -0.25) is 4.99 Å². The number of benzene rings is 2. The summed E-state index contributed by atoms with van der Waals surface area (Å²) in [5, 5.41) is 3.56. The third-order valence-corrected chi connectivity index (χ3v) is 3.68. The Kier molecular flexibility index (Phi) is 5.88. The summed E-state index contributed by atoms with van der Waals surface area (Å²) in [7, 11) is 1.58. The summed E-state index contributed by atoms with van der Waals surface area (Å²) >= 11 is 6.08. The quantitative estimate of drug-likeness (QED) is 0.644. The molecule has 3 N–H and O–H groups in total. The molecule has 0 aliphatic carbocycles. The zero-order chi connectivity index (χ0) is 16.8. The average Bonchev–Trinajstić information content (AvgIpc) is 2.46. The van der Waals surface area contributed by atoms with E-state index in [0.717, 1.165) is 12.1 Å². The smallest absolute Gasteiger partial charge is 0.193 e. The lowest BCUT2D eigenvalue weighted by Crippen LogP contribution is -2.23. The minimum Gasteiger partial charge on any atom is -0.495 e. The molecule has 2 aromatic rings. The summed E-state index contributed by atoms with van der Waals surface area (Å²) in [5.41, 5.74) is 10.5. The second-order valence-electron chi connectivity index (χ2n) is 5.49. The van der Waals surface area contributed by atoms with E-state index in [1.54, 1.807) is 19.2 Å². The van der Waals surface area contributed by atoms with Gasteiger partial charge >= 0.3 is 0 Å². The lowest BCUT2D eigenvalue weighted by molar-refractivity contribution is 0.415. The highest BCUT2D eigenvalue weighted by Gasteiger charge is 2.02. The SMILES string of the molecule is COc1ccc(NC(N)=NCCc2cc(C)cc(C)c2)cc1Cl. The van der Waals surface area contributed by atoms with Crippen molar-refractivity contribution in [2.24, 2.45) is 10.7 Å². The molecule has 0 heterocycles. The van der Waals surface area contributed by atoms with Crippen LogP contribution in [0.4, 0.5) is 5.69 Å². The maximum absolute atomic E-state index is 6.08. The maximum Gasteiger partial charge on any atom is 0.193 e. The van der Waals surface area contributed by atoms with Crippen LogP contribution in [0.3, 0.4) is 0 Å². The van der Waals surface area contributed by atoms with Gasteiger partial charge in [0, 0.05) is 12.2 Å². The predicted octanol–water partition coefficient (Wildman–Crippen LogP) is 3.93. The third kappa shape index (κ3) is 5.18. The number of guanidine groups is 1. The third-order valence-electron chi connectivity index (χ3n) is 3.39. The van der Waals surface area contributed by atoms with E-state index in [1.807, 2.05) is 6.07 Å². The number of nitrogens with two attached hydrogens (primary N) is 1.